The first-order chi connectivity index (χ1) is 9.97. The van der Waals surface area contributed by atoms with Gasteiger partial charge in [-0.2, -0.15) is 5.10 Å². The number of halogens is 1. The van der Waals surface area contributed by atoms with Gasteiger partial charge in [-0.1, -0.05) is 23.7 Å². The fraction of sp³-hybridized carbons (Fsp3) is 0.133. The molecule has 0 saturated heterocycles. The largest absolute Gasteiger partial charge is 0.477 e. The Bertz CT molecular complexity index is 853. The Kier molecular flexibility index (Phi) is 3.14. The smallest absolute Gasteiger partial charge is 0.354 e. The molecule has 1 N–H and O–H groups in total. The zero-order chi connectivity index (χ0) is 15.1. The third-order valence-corrected chi connectivity index (χ3v) is 3.67. The molecule has 1 aromatic carbocycles. The molecule has 0 aliphatic rings. The third kappa shape index (κ3) is 2.25. The minimum atomic E-state index is -1.04. The maximum atomic E-state index is 11.5. The van der Waals surface area contributed by atoms with E-state index in [1.165, 1.54) is 10.6 Å². The van der Waals surface area contributed by atoms with Gasteiger partial charge in [-0.15, -0.1) is 0 Å². The minimum Gasteiger partial charge on any atom is -0.477 e. The van der Waals surface area contributed by atoms with Crippen molar-refractivity contribution in [3.8, 4) is 11.3 Å². The predicted molar refractivity (Wildman–Crippen MR) is 79.9 cm³/mol. The van der Waals surface area contributed by atoms with Crippen LogP contribution in [0.5, 0.6) is 0 Å². The minimum absolute atomic E-state index is 0.0844. The van der Waals surface area contributed by atoms with Gasteiger partial charge in [0.25, 0.3) is 0 Å². The average Bonchev–Trinajstić information content (AvgIpc) is 2.74. The Labute approximate surface area is 125 Å². The number of nitrogens with zero attached hydrogens (tertiary/aromatic N) is 3. The van der Waals surface area contributed by atoms with E-state index in [0.717, 1.165) is 16.8 Å². The molecule has 0 unspecified atom stereocenters. The lowest BCUT2D eigenvalue weighted by Crippen LogP contribution is -2.08. The molecule has 2 aromatic heterocycles. The fourth-order valence-corrected chi connectivity index (χ4v) is 2.28. The van der Waals surface area contributed by atoms with Crippen molar-refractivity contribution in [2.75, 3.05) is 0 Å². The van der Waals surface area contributed by atoms with Crippen LogP contribution < -0.4 is 0 Å². The molecule has 5 nitrogen and oxygen atoms in total. The average molecular weight is 302 g/mol. The Hall–Kier alpha value is -2.40. The van der Waals surface area contributed by atoms with Crippen LogP contribution in [-0.4, -0.2) is 25.7 Å². The van der Waals surface area contributed by atoms with Crippen LogP contribution in [0.2, 0.25) is 5.02 Å². The summed E-state index contributed by atoms with van der Waals surface area (Å²) in [6.07, 6.45) is 0. The van der Waals surface area contributed by atoms with Gasteiger partial charge in [0.15, 0.2) is 11.3 Å². The van der Waals surface area contributed by atoms with Crippen LogP contribution >= 0.6 is 11.6 Å². The molecule has 106 valence electrons. The number of hydrogen-bond acceptors (Lipinski definition) is 3. The van der Waals surface area contributed by atoms with Gasteiger partial charge in [-0.05, 0) is 32.0 Å². The highest BCUT2D eigenvalue weighted by atomic mass is 35.5. The van der Waals surface area contributed by atoms with Gasteiger partial charge in [0.2, 0.25) is 0 Å². The molecule has 21 heavy (non-hydrogen) atoms. The standard InChI is InChI=1S/C15H12ClN3O2/c1-8-9(2)18-19-13(15(20)21)7-12(17-14(8)19)10-3-5-11(16)6-4-10/h3-7H,1-2H3,(H,20,21). The van der Waals surface area contributed by atoms with Gasteiger partial charge in [0, 0.05) is 16.1 Å². The molecule has 0 spiro atoms. The number of carboxylic acid groups (broad SMARTS) is 1. The van der Waals surface area contributed by atoms with Gasteiger partial charge >= 0.3 is 5.97 Å². The van der Waals surface area contributed by atoms with Crippen molar-refractivity contribution in [1.82, 2.24) is 14.6 Å². The molecule has 0 aliphatic heterocycles. The first-order valence-electron chi connectivity index (χ1n) is 6.33. The summed E-state index contributed by atoms with van der Waals surface area (Å²) in [6, 6.07) is 8.64. The SMILES string of the molecule is Cc1nn2c(C(=O)O)cc(-c3ccc(Cl)cc3)nc2c1C. The van der Waals surface area contributed by atoms with Crippen LogP contribution in [0.25, 0.3) is 16.9 Å². The van der Waals surface area contributed by atoms with Crippen LogP contribution in [0, 0.1) is 13.8 Å². The second kappa shape index (κ2) is 4.86. The van der Waals surface area contributed by atoms with E-state index < -0.39 is 5.97 Å². The molecule has 0 amide bonds. The summed E-state index contributed by atoms with van der Waals surface area (Å²) in [7, 11) is 0. The summed E-state index contributed by atoms with van der Waals surface area (Å²) >= 11 is 5.88. The summed E-state index contributed by atoms with van der Waals surface area (Å²) < 4.78 is 1.37. The number of benzene rings is 1. The molecule has 3 rings (SSSR count). The lowest BCUT2D eigenvalue weighted by molar-refractivity contribution is 0.0687. The van der Waals surface area contributed by atoms with Crippen molar-refractivity contribution < 1.29 is 9.90 Å². The van der Waals surface area contributed by atoms with Crippen molar-refractivity contribution in [3.05, 3.63) is 52.3 Å². The van der Waals surface area contributed by atoms with Gasteiger partial charge < -0.3 is 5.11 Å². The first-order valence-corrected chi connectivity index (χ1v) is 6.71. The Morgan fingerprint density at radius 2 is 1.90 bits per heavy atom. The van der Waals surface area contributed by atoms with Crippen LogP contribution in [-0.2, 0) is 0 Å². The molecule has 0 bridgehead atoms. The summed E-state index contributed by atoms with van der Waals surface area (Å²) in [5, 5.41) is 14.2. The summed E-state index contributed by atoms with van der Waals surface area (Å²) in [5.41, 5.74) is 3.66. The monoisotopic (exact) mass is 301 g/mol. The van der Waals surface area contributed by atoms with Gasteiger partial charge in [0.05, 0.1) is 11.4 Å². The van der Waals surface area contributed by atoms with Crippen LogP contribution in [0.4, 0.5) is 0 Å². The second-order valence-electron chi connectivity index (χ2n) is 4.78. The Balaban J connectivity index is 2.31. The lowest BCUT2D eigenvalue weighted by atomic mass is 10.1. The predicted octanol–water partition coefficient (Wildman–Crippen LogP) is 3.36. The number of aromatic carboxylic acids is 1. The number of rotatable bonds is 2. The normalized spacial score (nSPS) is 11.0. The molecule has 0 radical (unpaired) electrons. The number of hydrogen-bond donors (Lipinski definition) is 1. The second-order valence-corrected chi connectivity index (χ2v) is 5.22. The maximum absolute atomic E-state index is 11.5. The van der Waals surface area contributed by atoms with Crippen LogP contribution in [0.15, 0.2) is 30.3 Å². The van der Waals surface area contributed by atoms with Gasteiger partial charge in [-0.3, -0.25) is 0 Å². The summed E-state index contributed by atoms with van der Waals surface area (Å²) in [6.45, 7) is 3.71. The van der Waals surface area contributed by atoms with Gasteiger partial charge in [0.1, 0.15) is 0 Å². The third-order valence-electron chi connectivity index (χ3n) is 3.42. The summed E-state index contributed by atoms with van der Waals surface area (Å²) in [5.74, 6) is -1.04. The van der Waals surface area contributed by atoms with E-state index >= 15 is 0 Å². The van der Waals surface area contributed by atoms with Crippen molar-refractivity contribution >= 4 is 23.2 Å². The number of carbonyl (C=O) groups is 1. The Morgan fingerprint density at radius 3 is 2.52 bits per heavy atom. The van der Waals surface area contributed by atoms with E-state index in [9.17, 15) is 9.90 Å². The van der Waals surface area contributed by atoms with E-state index in [4.69, 9.17) is 11.6 Å². The quantitative estimate of drug-likeness (QED) is 0.788. The zero-order valence-electron chi connectivity index (χ0n) is 11.5. The van der Waals surface area contributed by atoms with Crippen molar-refractivity contribution in [2.24, 2.45) is 0 Å². The molecular formula is C15H12ClN3O2. The molecule has 0 saturated carbocycles. The van der Waals surface area contributed by atoms with E-state index in [2.05, 4.69) is 10.1 Å². The highest BCUT2D eigenvalue weighted by molar-refractivity contribution is 6.30. The van der Waals surface area contributed by atoms with Crippen molar-refractivity contribution in [2.45, 2.75) is 13.8 Å². The lowest BCUT2D eigenvalue weighted by Gasteiger charge is -2.05. The Morgan fingerprint density at radius 1 is 1.24 bits per heavy atom. The van der Waals surface area contributed by atoms with Crippen LogP contribution in [0.1, 0.15) is 21.7 Å². The van der Waals surface area contributed by atoms with Crippen LogP contribution in [0.3, 0.4) is 0 Å². The number of fused-ring (bicyclic) bond motifs is 1. The van der Waals surface area contributed by atoms with E-state index in [0.29, 0.717) is 16.4 Å². The molecule has 0 aliphatic carbocycles. The highest BCUT2D eigenvalue weighted by Gasteiger charge is 2.17. The summed E-state index contributed by atoms with van der Waals surface area (Å²) in [4.78, 5) is 16.0. The highest BCUT2D eigenvalue weighted by Crippen LogP contribution is 2.23. The molecule has 2 heterocycles. The van der Waals surface area contributed by atoms with E-state index in [1.807, 2.05) is 26.0 Å². The van der Waals surface area contributed by atoms with E-state index in [1.54, 1.807) is 12.1 Å². The van der Waals surface area contributed by atoms with E-state index in [-0.39, 0.29) is 5.69 Å². The zero-order valence-corrected chi connectivity index (χ0v) is 12.2. The molecule has 3 aromatic rings. The maximum Gasteiger partial charge on any atom is 0.354 e. The van der Waals surface area contributed by atoms with Gasteiger partial charge in [-0.25, -0.2) is 14.3 Å². The first kappa shape index (κ1) is 13.6. The van der Waals surface area contributed by atoms with Crippen molar-refractivity contribution in [1.29, 1.82) is 0 Å². The number of aryl methyl sites for hydroxylation is 2. The van der Waals surface area contributed by atoms with Crippen molar-refractivity contribution in [3.63, 3.8) is 0 Å². The number of carboxylic acids is 1. The molecule has 0 fully saturated rings. The fourth-order valence-electron chi connectivity index (χ4n) is 2.15. The molecule has 0 atom stereocenters. The molecular weight excluding hydrogens is 290 g/mol. The molecule has 6 heteroatoms. The topological polar surface area (TPSA) is 67.5 Å². The number of aromatic nitrogens is 3.